The second kappa shape index (κ2) is 6.62. The molecule has 19 heavy (non-hydrogen) atoms. The fourth-order valence-electron chi connectivity index (χ4n) is 1.99. The number of ether oxygens (including phenoxy) is 2. The largest absolute Gasteiger partial charge is 0.459 e. The molecule has 112 valence electrons. The first-order valence-corrected chi connectivity index (χ1v) is 7.61. The molecule has 0 bridgehead atoms. The lowest BCUT2D eigenvalue weighted by Gasteiger charge is -2.26. The van der Waals surface area contributed by atoms with Gasteiger partial charge in [-0.3, -0.25) is 4.55 Å². The van der Waals surface area contributed by atoms with Crippen LogP contribution in [0.15, 0.2) is 0 Å². The smallest absolute Gasteiger partial charge is 0.362 e. The van der Waals surface area contributed by atoms with Crippen LogP contribution < -0.4 is 0 Å². The van der Waals surface area contributed by atoms with Crippen LogP contribution in [0.25, 0.3) is 0 Å². The second-order valence-corrected chi connectivity index (χ2v) is 6.21. The SMILES string of the molecule is COCCC(F)(C(=O)OC1CCCCC1)S(=O)(=O)O. The molecule has 1 saturated carbocycles. The van der Waals surface area contributed by atoms with E-state index in [-0.39, 0.29) is 6.61 Å². The number of carbonyl (C=O) groups is 1. The lowest BCUT2D eigenvalue weighted by molar-refractivity contribution is -0.160. The van der Waals surface area contributed by atoms with Gasteiger partial charge in [0.25, 0.3) is 0 Å². The zero-order valence-electron chi connectivity index (χ0n) is 10.8. The van der Waals surface area contributed by atoms with E-state index in [4.69, 9.17) is 9.29 Å². The summed E-state index contributed by atoms with van der Waals surface area (Å²) >= 11 is 0. The van der Waals surface area contributed by atoms with Gasteiger partial charge in [-0.25, -0.2) is 9.18 Å². The third-order valence-electron chi connectivity index (χ3n) is 3.17. The maximum atomic E-state index is 14.2. The standard InChI is InChI=1S/C11H19FO6S/c1-17-8-7-11(12,19(14,15)16)10(13)18-9-5-3-2-4-6-9/h9H,2-8H2,1H3,(H,14,15,16). The average Bonchev–Trinajstić information content (AvgIpc) is 2.35. The van der Waals surface area contributed by atoms with Crippen molar-refractivity contribution in [1.29, 1.82) is 0 Å². The molecule has 1 fully saturated rings. The summed E-state index contributed by atoms with van der Waals surface area (Å²) in [5.41, 5.74) is 0. The van der Waals surface area contributed by atoms with E-state index in [1.54, 1.807) is 0 Å². The van der Waals surface area contributed by atoms with Gasteiger partial charge in [0.2, 0.25) is 0 Å². The Bertz CT molecular complexity index is 403. The number of alkyl halides is 1. The molecule has 1 N–H and O–H groups in total. The topological polar surface area (TPSA) is 89.9 Å². The van der Waals surface area contributed by atoms with Crippen molar-refractivity contribution in [2.45, 2.75) is 49.6 Å². The van der Waals surface area contributed by atoms with Crippen LogP contribution in [-0.2, 0) is 24.4 Å². The molecule has 0 radical (unpaired) electrons. The molecule has 0 saturated heterocycles. The summed E-state index contributed by atoms with van der Waals surface area (Å²) in [4.78, 5) is 11.7. The molecule has 0 aromatic rings. The number of carbonyl (C=O) groups excluding carboxylic acids is 1. The van der Waals surface area contributed by atoms with E-state index in [1.807, 2.05) is 0 Å². The molecule has 1 unspecified atom stereocenters. The van der Waals surface area contributed by atoms with E-state index >= 15 is 0 Å². The Balaban J connectivity index is 2.76. The van der Waals surface area contributed by atoms with Gasteiger partial charge in [0.05, 0.1) is 6.61 Å². The molecular formula is C11H19FO6S. The monoisotopic (exact) mass is 298 g/mol. The fraction of sp³-hybridized carbons (Fsp3) is 0.909. The molecular weight excluding hydrogens is 279 g/mol. The van der Waals surface area contributed by atoms with Crippen molar-refractivity contribution < 1.29 is 31.6 Å². The lowest BCUT2D eigenvalue weighted by atomic mass is 9.98. The first kappa shape index (κ1) is 16.3. The van der Waals surface area contributed by atoms with Crippen LogP contribution in [0.3, 0.4) is 0 Å². The summed E-state index contributed by atoms with van der Waals surface area (Å²) < 4.78 is 54.7. The van der Waals surface area contributed by atoms with E-state index in [0.29, 0.717) is 12.8 Å². The van der Waals surface area contributed by atoms with Crippen molar-refractivity contribution in [2.75, 3.05) is 13.7 Å². The number of hydrogen-bond donors (Lipinski definition) is 1. The highest BCUT2D eigenvalue weighted by atomic mass is 32.2. The van der Waals surface area contributed by atoms with Gasteiger partial charge >= 0.3 is 21.1 Å². The highest BCUT2D eigenvalue weighted by Crippen LogP contribution is 2.28. The minimum absolute atomic E-state index is 0.323. The predicted octanol–water partition coefficient (Wildman–Crippen LogP) is 1.45. The zero-order valence-corrected chi connectivity index (χ0v) is 11.6. The van der Waals surface area contributed by atoms with Crippen LogP contribution in [0.4, 0.5) is 4.39 Å². The lowest BCUT2D eigenvalue weighted by Crippen LogP contribution is -2.45. The van der Waals surface area contributed by atoms with Gasteiger partial charge < -0.3 is 9.47 Å². The van der Waals surface area contributed by atoms with Crippen LogP contribution >= 0.6 is 0 Å². The van der Waals surface area contributed by atoms with Gasteiger partial charge in [0.15, 0.2) is 0 Å². The van der Waals surface area contributed by atoms with Gasteiger partial charge in [-0.2, -0.15) is 8.42 Å². The summed E-state index contributed by atoms with van der Waals surface area (Å²) in [6.07, 6.45) is 2.59. The summed E-state index contributed by atoms with van der Waals surface area (Å²) in [5.74, 6) is -1.56. The highest BCUT2D eigenvalue weighted by Gasteiger charge is 2.53. The molecule has 0 aromatic carbocycles. The molecule has 1 aliphatic carbocycles. The zero-order chi connectivity index (χ0) is 14.5. The quantitative estimate of drug-likeness (QED) is 0.589. The number of hydrogen-bond acceptors (Lipinski definition) is 5. The highest BCUT2D eigenvalue weighted by molar-refractivity contribution is 7.87. The van der Waals surface area contributed by atoms with Gasteiger partial charge in [-0.15, -0.1) is 0 Å². The van der Waals surface area contributed by atoms with Crippen molar-refractivity contribution in [1.82, 2.24) is 0 Å². The molecule has 8 heteroatoms. The Morgan fingerprint density at radius 3 is 2.42 bits per heavy atom. The van der Waals surface area contributed by atoms with Crippen molar-refractivity contribution >= 4 is 16.1 Å². The van der Waals surface area contributed by atoms with Crippen LogP contribution in [0.1, 0.15) is 38.5 Å². The molecule has 0 aromatic heterocycles. The number of esters is 1. The summed E-state index contributed by atoms with van der Waals surface area (Å²) in [6, 6.07) is 0. The third kappa shape index (κ3) is 4.12. The Morgan fingerprint density at radius 2 is 1.95 bits per heavy atom. The van der Waals surface area contributed by atoms with Crippen molar-refractivity contribution in [2.24, 2.45) is 0 Å². The minimum atomic E-state index is -5.21. The third-order valence-corrected chi connectivity index (χ3v) is 4.36. The van der Waals surface area contributed by atoms with E-state index < -0.39 is 33.6 Å². The molecule has 0 aliphatic heterocycles. The number of halogens is 1. The van der Waals surface area contributed by atoms with Crippen LogP contribution in [-0.4, -0.2) is 43.8 Å². The Labute approximate surface area is 112 Å². The normalized spacial score (nSPS) is 20.8. The first-order chi connectivity index (χ1) is 8.81. The minimum Gasteiger partial charge on any atom is -0.459 e. The molecule has 1 rings (SSSR count). The van der Waals surface area contributed by atoms with Crippen molar-refractivity contribution in [3.8, 4) is 0 Å². The van der Waals surface area contributed by atoms with Gasteiger partial charge in [0.1, 0.15) is 6.10 Å². The molecule has 0 amide bonds. The van der Waals surface area contributed by atoms with E-state index in [0.717, 1.165) is 19.3 Å². The Hall–Kier alpha value is -0.730. The van der Waals surface area contributed by atoms with E-state index in [1.165, 1.54) is 7.11 Å². The number of rotatable bonds is 6. The predicted molar refractivity (Wildman–Crippen MR) is 64.8 cm³/mol. The van der Waals surface area contributed by atoms with Gasteiger partial charge in [-0.1, -0.05) is 6.42 Å². The molecule has 0 heterocycles. The van der Waals surface area contributed by atoms with Crippen LogP contribution in [0, 0.1) is 0 Å². The van der Waals surface area contributed by atoms with Crippen molar-refractivity contribution in [3.63, 3.8) is 0 Å². The second-order valence-electron chi connectivity index (χ2n) is 4.61. The molecule has 1 atom stereocenters. The van der Waals surface area contributed by atoms with Gasteiger partial charge in [-0.05, 0) is 25.7 Å². The van der Waals surface area contributed by atoms with Crippen LogP contribution in [0.2, 0.25) is 0 Å². The van der Waals surface area contributed by atoms with Crippen LogP contribution in [0.5, 0.6) is 0 Å². The number of methoxy groups -OCH3 is 1. The summed E-state index contributed by atoms with van der Waals surface area (Å²) in [7, 11) is -3.97. The summed E-state index contributed by atoms with van der Waals surface area (Å²) in [6.45, 7) is -0.323. The molecule has 6 nitrogen and oxygen atoms in total. The summed E-state index contributed by atoms with van der Waals surface area (Å²) in [5, 5.41) is -3.46. The Morgan fingerprint density at radius 1 is 1.37 bits per heavy atom. The maximum absolute atomic E-state index is 14.2. The van der Waals surface area contributed by atoms with Crippen molar-refractivity contribution in [3.05, 3.63) is 0 Å². The average molecular weight is 298 g/mol. The molecule has 1 aliphatic rings. The fourth-order valence-corrected chi connectivity index (χ4v) is 2.59. The first-order valence-electron chi connectivity index (χ1n) is 6.17. The van der Waals surface area contributed by atoms with Gasteiger partial charge in [0, 0.05) is 13.5 Å². The van der Waals surface area contributed by atoms with E-state index in [2.05, 4.69) is 4.74 Å². The molecule has 0 spiro atoms. The van der Waals surface area contributed by atoms with E-state index in [9.17, 15) is 17.6 Å². The maximum Gasteiger partial charge on any atom is 0.362 e. The Kier molecular flexibility index (Phi) is 5.69.